The number of hydrogen-bond acceptors (Lipinski definition) is 4. The molecule has 0 radical (unpaired) electrons. The van der Waals surface area contributed by atoms with Crippen LogP contribution in [-0.2, 0) is 6.54 Å². The highest BCUT2D eigenvalue weighted by Gasteiger charge is 2.26. The second kappa shape index (κ2) is 8.19. The van der Waals surface area contributed by atoms with Crippen LogP contribution in [0.1, 0.15) is 31.2 Å². The van der Waals surface area contributed by atoms with E-state index in [0.717, 1.165) is 38.0 Å². The molecular formula is C22H24F2N4. The van der Waals surface area contributed by atoms with Crippen molar-refractivity contribution in [2.24, 2.45) is 0 Å². The normalized spacial score (nSPS) is 18.6. The zero-order chi connectivity index (χ0) is 19.5. The highest BCUT2D eigenvalue weighted by atomic mass is 19.3. The van der Waals surface area contributed by atoms with E-state index in [0.29, 0.717) is 11.3 Å². The summed E-state index contributed by atoms with van der Waals surface area (Å²) in [6, 6.07) is 18.0. The van der Waals surface area contributed by atoms with E-state index in [1.807, 2.05) is 24.3 Å². The number of benzene rings is 2. The molecule has 1 aliphatic rings. The summed E-state index contributed by atoms with van der Waals surface area (Å²) in [4.78, 5) is 12.9. The molecule has 0 aliphatic carbocycles. The number of para-hydroxylation sites is 1. The Morgan fingerprint density at radius 2 is 1.75 bits per heavy atom. The Labute approximate surface area is 163 Å². The van der Waals surface area contributed by atoms with E-state index in [9.17, 15) is 8.78 Å². The average Bonchev–Trinajstić information content (AvgIpc) is 2.88. The molecular weight excluding hydrogens is 358 g/mol. The van der Waals surface area contributed by atoms with Crippen molar-refractivity contribution in [1.29, 1.82) is 0 Å². The number of aromatic nitrogens is 2. The largest absolute Gasteiger partial charge is 0.352 e. The maximum absolute atomic E-state index is 13.4. The predicted molar refractivity (Wildman–Crippen MR) is 108 cm³/mol. The van der Waals surface area contributed by atoms with Crippen LogP contribution < -0.4 is 4.90 Å². The number of fused-ring (bicyclic) bond motifs is 1. The number of anilines is 1. The van der Waals surface area contributed by atoms with Gasteiger partial charge in [0.2, 0.25) is 0 Å². The van der Waals surface area contributed by atoms with Gasteiger partial charge in [-0.1, -0.05) is 42.5 Å². The number of alkyl halides is 2. The van der Waals surface area contributed by atoms with E-state index in [2.05, 4.69) is 51.0 Å². The standard InChI is InChI=1S/C22H24F2N4/c1-16-14-27(15-17-8-3-2-4-9-17)12-7-13-28(16)22-18-10-5-6-11-19(18)25-21(26-22)20(23)24/h2-6,8-11,16,20H,7,12-15H2,1H3. The molecule has 4 rings (SSSR count). The van der Waals surface area contributed by atoms with Crippen LogP contribution in [0.4, 0.5) is 14.6 Å². The van der Waals surface area contributed by atoms with Crippen LogP contribution >= 0.6 is 0 Å². The van der Waals surface area contributed by atoms with Crippen molar-refractivity contribution < 1.29 is 8.78 Å². The van der Waals surface area contributed by atoms with Gasteiger partial charge >= 0.3 is 0 Å². The SMILES string of the molecule is CC1CN(Cc2ccccc2)CCCN1c1nc(C(F)F)nc2ccccc12. The summed E-state index contributed by atoms with van der Waals surface area (Å²) in [5.41, 5.74) is 1.86. The molecule has 1 saturated heterocycles. The molecule has 1 aromatic heterocycles. The molecule has 2 heterocycles. The summed E-state index contributed by atoms with van der Waals surface area (Å²) in [6.07, 6.45) is -1.72. The highest BCUT2D eigenvalue weighted by Crippen LogP contribution is 2.29. The van der Waals surface area contributed by atoms with Gasteiger partial charge in [0.15, 0.2) is 5.82 Å². The van der Waals surface area contributed by atoms with Gasteiger partial charge in [0.05, 0.1) is 5.52 Å². The maximum Gasteiger partial charge on any atom is 0.297 e. The molecule has 1 aliphatic heterocycles. The van der Waals surface area contributed by atoms with Crippen LogP contribution in [0.5, 0.6) is 0 Å². The van der Waals surface area contributed by atoms with Crippen molar-refractivity contribution in [2.45, 2.75) is 32.4 Å². The predicted octanol–water partition coefficient (Wildman–Crippen LogP) is 4.67. The first-order valence-corrected chi connectivity index (χ1v) is 9.69. The molecule has 2 aromatic carbocycles. The second-order valence-electron chi connectivity index (χ2n) is 7.34. The van der Waals surface area contributed by atoms with Gasteiger partial charge in [0, 0.05) is 37.6 Å². The van der Waals surface area contributed by atoms with E-state index in [-0.39, 0.29) is 6.04 Å². The number of nitrogens with zero attached hydrogens (tertiary/aromatic N) is 4. The zero-order valence-corrected chi connectivity index (χ0v) is 15.9. The summed E-state index contributed by atoms with van der Waals surface area (Å²) >= 11 is 0. The summed E-state index contributed by atoms with van der Waals surface area (Å²) in [7, 11) is 0. The third-order valence-corrected chi connectivity index (χ3v) is 5.24. The van der Waals surface area contributed by atoms with Crippen LogP contribution in [0.25, 0.3) is 10.9 Å². The summed E-state index contributed by atoms with van der Waals surface area (Å²) in [6.45, 7) is 5.65. The van der Waals surface area contributed by atoms with Crippen molar-refractivity contribution in [3.05, 3.63) is 66.0 Å². The topological polar surface area (TPSA) is 32.3 Å². The number of rotatable bonds is 4. The van der Waals surface area contributed by atoms with E-state index in [4.69, 9.17) is 0 Å². The fourth-order valence-corrected chi connectivity index (χ4v) is 3.94. The van der Waals surface area contributed by atoms with Crippen molar-refractivity contribution in [3.63, 3.8) is 0 Å². The third-order valence-electron chi connectivity index (χ3n) is 5.24. The van der Waals surface area contributed by atoms with Crippen molar-refractivity contribution in [1.82, 2.24) is 14.9 Å². The van der Waals surface area contributed by atoms with Gasteiger partial charge in [0.25, 0.3) is 6.43 Å². The lowest BCUT2D eigenvalue weighted by molar-refractivity contribution is 0.141. The van der Waals surface area contributed by atoms with Crippen LogP contribution in [0.2, 0.25) is 0 Å². The van der Waals surface area contributed by atoms with Crippen LogP contribution in [0, 0.1) is 0 Å². The first kappa shape index (κ1) is 18.7. The molecule has 0 bridgehead atoms. The smallest absolute Gasteiger partial charge is 0.297 e. The van der Waals surface area contributed by atoms with E-state index < -0.39 is 12.2 Å². The van der Waals surface area contributed by atoms with Crippen LogP contribution in [-0.4, -0.2) is 40.5 Å². The van der Waals surface area contributed by atoms with Crippen molar-refractivity contribution >= 4 is 16.7 Å². The van der Waals surface area contributed by atoms with Gasteiger partial charge in [-0.05, 0) is 31.0 Å². The molecule has 1 atom stereocenters. The third kappa shape index (κ3) is 3.97. The van der Waals surface area contributed by atoms with Gasteiger partial charge in [-0.3, -0.25) is 4.90 Å². The number of halogens is 2. The molecule has 28 heavy (non-hydrogen) atoms. The lowest BCUT2D eigenvalue weighted by Gasteiger charge is -2.31. The number of hydrogen-bond donors (Lipinski definition) is 0. The Morgan fingerprint density at radius 3 is 2.54 bits per heavy atom. The van der Waals surface area contributed by atoms with Crippen LogP contribution in [0.15, 0.2) is 54.6 Å². The van der Waals surface area contributed by atoms with Crippen LogP contribution in [0.3, 0.4) is 0 Å². The van der Waals surface area contributed by atoms with Gasteiger partial charge in [0.1, 0.15) is 5.82 Å². The molecule has 1 unspecified atom stereocenters. The quantitative estimate of drug-likeness (QED) is 0.656. The molecule has 6 heteroatoms. The Morgan fingerprint density at radius 1 is 1.00 bits per heavy atom. The Hall–Kier alpha value is -2.60. The minimum Gasteiger partial charge on any atom is -0.352 e. The molecule has 4 nitrogen and oxygen atoms in total. The molecule has 3 aromatic rings. The highest BCUT2D eigenvalue weighted by molar-refractivity contribution is 5.89. The Balaban J connectivity index is 1.62. The molecule has 1 fully saturated rings. The minimum absolute atomic E-state index is 0.162. The maximum atomic E-state index is 13.4. The molecule has 0 N–H and O–H groups in total. The molecule has 0 saturated carbocycles. The zero-order valence-electron chi connectivity index (χ0n) is 15.9. The average molecular weight is 382 g/mol. The molecule has 146 valence electrons. The fraction of sp³-hybridized carbons (Fsp3) is 0.364. The van der Waals surface area contributed by atoms with Gasteiger partial charge in [-0.2, -0.15) is 0 Å². The fourth-order valence-electron chi connectivity index (χ4n) is 3.94. The summed E-state index contributed by atoms with van der Waals surface area (Å²) < 4.78 is 26.7. The minimum atomic E-state index is -2.68. The first-order chi connectivity index (χ1) is 13.6. The van der Waals surface area contributed by atoms with Gasteiger partial charge in [-0.15, -0.1) is 0 Å². The molecule has 0 spiro atoms. The Bertz CT molecular complexity index is 932. The second-order valence-corrected chi connectivity index (χ2v) is 7.34. The van der Waals surface area contributed by atoms with E-state index >= 15 is 0 Å². The van der Waals surface area contributed by atoms with Gasteiger partial charge < -0.3 is 4.90 Å². The molecule has 0 amide bonds. The first-order valence-electron chi connectivity index (χ1n) is 9.69. The van der Waals surface area contributed by atoms with Crippen molar-refractivity contribution in [3.8, 4) is 0 Å². The van der Waals surface area contributed by atoms with E-state index in [1.54, 1.807) is 6.07 Å². The lowest BCUT2D eigenvalue weighted by Crippen LogP contribution is -2.39. The Kier molecular flexibility index (Phi) is 5.48. The van der Waals surface area contributed by atoms with Crippen molar-refractivity contribution in [2.75, 3.05) is 24.5 Å². The van der Waals surface area contributed by atoms with E-state index in [1.165, 1.54) is 5.56 Å². The lowest BCUT2D eigenvalue weighted by atomic mass is 10.2. The summed E-state index contributed by atoms with van der Waals surface area (Å²) in [5, 5.41) is 0.829. The summed E-state index contributed by atoms with van der Waals surface area (Å²) in [5.74, 6) is 0.223. The van der Waals surface area contributed by atoms with Gasteiger partial charge in [-0.25, -0.2) is 18.7 Å². The monoisotopic (exact) mass is 382 g/mol.